The third kappa shape index (κ3) is 4.05. The number of halogens is 1. The molecule has 2 rings (SSSR count). The maximum atomic E-state index is 12.1. The predicted molar refractivity (Wildman–Crippen MR) is 95.3 cm³/mol. The van der Waals surface area contributed by atoms with Gasteiger partial charge in [0.15, 0.2) is 11.5 Å². The Morgan fingerprint density at radius 3 is 2.25 bits per heavy atom. The molecule has 6 nitrogen and oxygen atoms in total. The zero-order valence-corrected chi connectivity index (χ0v) is 15.1. The van der Waals surface area contributed by atoms with Crippen LogP contribution in [0.5, 0.6) is 17.2 Å². The van der Waals surface area contributed by atoms with Crippen LogP contribution in [-0.4, -0.2) is 33.5 Å². The molecule has 0 saturated heterocycles. The van der Waals surface area contributed by atoms with E-state index in [1.54, 1.807) is 30.3 Å². The first-order chi connectivity index (χ1) is 11.6. The summed E-state index contributed by atoms with van der Waals surface area (Å²) in [4.78, 5) is 12.1. The molecule has 0 aliphatic heterocycles. The number of methoxy groups -OCH3 is 3. The number of benzene rings is 2. The van der Waals surface area contributed by atoms with Crippen molar-refractivity contribution in [2.45, 2.75) is 0 Å². The second kappa shape index (κ2) is 8.35. The minimum absolute atomic E-state index is 0.314. The highest BCUT2D eigenvalue weighted by Gasteiger charge is 2.12. The number of hydrogen-bond donors (Lipinski definition) is 1. The van der Waals surface area contributed by atoms with Crippen LogP contribution in [0.1, 0.15) is 15.9 Å². The first kappa shape index (κ1) is 17.8. The molecule has 1 N–H and O–H groups in total. The Kier molecular flexibility index (Phi) is 6.20. The molecule has 1 amide bonds. The van der Waals surface area contributed by atoms with E-state index in [1.165, 1.54) is 27.5 Å². The molecule has 0 aliphatic rings. The summed E-state index contributed by atoms with van der Waals surface area (Å²) in [5.41, 5.74) is 3.67. The lowest BCUT2D eigenvalue weighted by Crippen LogP contribution is -2.18. The van der Waals surface area contributed by atoms with Gasteiger partial charge in [0.05, 0.1) is 33.1 Å². The standard InChI is InChI=1S/C17H17BrN2O4/c1-22-14-8-11(9-15(23-2)16(14)24-3)10-19-20-17(21)12-6-4-5-7-13(12)18/h4-10H,1-3H3,(H,20,21)/b19-10-. The van der Waals surface area contributed by atoms with Crippen LogP contribution in [0.15, 0.2) is 46.0 Å². The monoisotopic (exact) mass is 392 g/mol. The Morgan fingerprint density at radius 1 is 1.08 bits per heavy atom. The fourth-order valence-corrected chi connectivity index (χ4v) is 2.51. The smallest absolute Gasteiger partial charge is 0.272 e. The van der Waals surface area contributed by atoms with E-state index in [4.69, 9.17) is 14.2 Å². The molecule has 0 aliphatic carbocycles. The summed E-state index contributed by atoms with van der Waals surface area (Å²) in [5, 5.41) is 3.97. The van der Waals surface area contributed by atoms with Gasteiger partial charge in [-0.1, -0.05) is 12.1 Å². The molecule has 0 unspecified atom stereocenters. The van der Waals surface area contributed by atoms with Crippen molar-refractivity contribution in [1.82, 2.24) is 5.43 Å². The summed E-state index contributed by atoms with van der Waals surface area (Å²) in [7, 11) is 4.60. The van der Waals surface area contributed by atoms with Crippen LogP contribution in [0.2, 0.25) is 0 Å². The number of nitrogens with one attached hydrogen (secondary N) is 1. The van der Waals surface area contributed by atoms with E-state index in [0.29, 0.717) is 32.8 Å². The van der Waals surface area contributed by atoms with Crippen LogP contribution in [0.4, 0.5) is 0 Å². The van der Waals surface area contributed by atoms with Gasteiger partial charge < -0.3 is 14.2 Å². The van der Waals surface area contributed by atoms with Crippen molar-refractivity contribution < 1.29 is 19.0 Å². The highest BCUT2D eigenvalue weighted by Crippen LogP contribution is 2.37. The van der Waals surface area contributed by atoms with Crippen molar-refractivity contribution in [3.63, 3.8) is 0 Å². The Morgan fingerprint density at radius 2 is 1.71 bits per heavy atom. The molecule has 0 heterocycles. The lowest BCUT2D eigenvalue weighted by atomic mass is 10.2. The van der Waals surface area contributed by atoms with Gasteiger partial charge in [-0.05, 0) is 40.2 Å². The van der Waals surface area contributed by atoms with Gasteiger partial charge in [0, 0.05) is 10.0 Å². The number of carbonyl (C=O) groups excluding carboxylic acids is 1. The number of carbonyl (C=O) groups is 1. The maximum Gasteiger partial charge on any atom is 0.272 e. The van der Waals surface area contributed by atoms with Crippen LogP contribution in [0.3, 0.4) is 0 Å². The second-order valence-corrected chi connectivity index (χ2v) is 5.49. The van der Waals surface area contributed by atoms with Gasteiger partial charge in [-0.3, -0.25) is 4.79 Å². The van der Waals surface area contributed by atoms with E-state index in [1.807, 2.05) is 6.07 Å². The van der Waals surface area contributed by atoms with Gasteiger partial charge in [-0.2, -0.15) is 5.10 Å². The summed E-state index contributed by atoms with van der Waals surface area (Å²) in [6.45, 7) is 0. The van der Waals surface area contributed by atoms with E-state index >= 15 is 0 Å². The molecule has 0 bridgehead atoms. The van der Waals surface area contributed by atoms with Crippen molar-refractivity contribution >= 4 is 28.1 Å². The lowest BCUT2D eigenvalue weighted by Gasteiger charge is -2.12. The summed E-state index contributed by atoms with van der Waals surface area (Å²) in [6.07, 6.45) is 1.50. The average Bonchev–Trinajstić information content (AvgIpc) is 2.60. The molecule has 2 aromatic carbocycles. The quantitative estimate of drug-likeness (QED) is 0.605. The van der Waals surface area contributed by atoms with Crippen molar-refractivity contribution in [3.05, 3.63) is 52.0 Å². The van der Waals surface area contributed by atoms with Crippen LogP contribution >= 0.6 is 15.9 Å². The average molecular weight is 393 g/mol. The molecular weight excluding hydrogens is 376 g/mol. The fourth-order valence-electron chi connectivity index (χ4n) is 2.05. The number of rotatable bonds is 6. The highest BCUT2D eigenvalue weighted by atomic mass is 79.9. The summed E-state index contributed by atoms with van der Waals surface area (Å²) in [5.74, 6) is 1.20. The SMILES string of the molecule is COc1cc(/C=N\NC(=O)c2ccccc2Br)cc(OC)c1OC. The normalized spacial score (nSPS) is 10.5. The lowest BCUT2D eigenvalue weighted by molar-refractivity contribution is 0.0954. The molecule has 0 atom stereocenters. The van der Waals surface area contributed by atoms with Gasteiger partial charge >= 0.3 is 0 Å². The molecule has 126 valence electrons. The first-order valence-corrected chi connectivity index (χ1v) is 7.78. The molecule has 0 aromatic heterocycles. The third-order valence-corrected chi connectivity index (χ3v) is 3.88. The summed E-state index contributed by atoms with van der Waals surface area (Å²) >= 11 is 3.33. The number of amides is 1. The van der Waals surface area contributed by atoms with E-state index in [9.17, 15) is 4.79 Å². The number of hydrazone groups is 1. The zero-order valence-electron chi connectivity index (χ0n) is 13.5. The molecule has 0 spiro atoms. The van der Waals surface area contributed by atoms with Crippen molar-refractivity contribution in [3.8, 4) is 17.2 Å². The molecule has 0 fully saturated rings. The van der Waals surface area contributed by atoms with E-state index in [2.05, 4.69) is 26.5 Å². The van der Waals surface area contributed by atoms with Crippen LogP contribution in [-0.2, 0) is 0 Å². The fraction of sp³-hybridized carbons (Fsp3) is 0.176. The maximum absolute atomic E-state index is 12.1. The van der Waals surface area contributed by atoms with Crippen molar-refractivity contribution in [1.29, 1.82) is 0 Å². The Hall–Kier alpha value is -2.54. The van der Waals surface area contributed by atoms with Gasteiger partial charge in [-0.25, -0.2) is 5.43 Å². The molecule has 0 saturated carbocycles. The minimum atomic E-state index is -0.314. The third-order valence-electron chi connectivity index (χ3n) is 3.19. The van der Waals surface area contributed by atoms with Crippen LogP contribution < -0.4 is 19.6 Å². The topological polar surface area (TPSA) is 69.2 Å². The molecule has 0 radical (unpaired) electrons. The largest absolute Gasteiger partial charge is 0.493 e. The minimum Gasteiger partial charge on any atom is -0.493 e. The summed E-state index contributed by atoms with van der Waals surface area (Å²) in [6, 6.07) is 10.6. The number of nitrogens with zero attached hydrogens (tertiary/aromatic N) is 1. The van der Waals surface area contributed by atoms with E-state index in [0.717, 1.165) is 0 Å². The van der Waals surface area contributed by atoms with Gasteiger partial charge in [0.25, 0.3) is 5.91 Å². The molecular formula is C17H17BrN2O4. The number of hydrogen-bond acceptors (Lipinski definition) is 5. The first-order valence-electron chi connectivity index (χ1n) is 6.98. The second-order valence-electron chi connectivity index (χ2n) is 4.64. The molecule has 2 aromatic rings. The van der Waals surface area contributed by atoms with Crippen molar-refractivity contribution in [2.75, 3.05) is 21.3 Å². The molecule has 24 heavy (non-hydrogen) atoms. The van der Waals surface area contributed by atoms with Crippen molar-refractivity contribution in [2.24, 2.45) is 5.10 Å². The highest BCUT2D eigenvalue weighted by molar-refractivity contribution is 9.10. The predicted octanol–water partition coefficient (Wildman–Crippen LogP) is 3.24. The Labute approximate surface area is 148 Å². The Balaban J connectivity index is 2.17. The number of ether oxygens (including phenoxy) is 3. The molecule has 7 heteroatoms. The van der Waals surface area contributed by atoms with Crippen LogP contribution in [0, 0.1) is 0 Å². The van der Waals surface area contributed by atoms with E-state index < -0.39 is 0 Å². The zero-order chi connectivity index (χ0) is 17.5. The Bertz CT molecular complexity index is 737. The van der Waals surface area contributed by atoms with Crippen LogP contribution in [0.25, 0.3) is 0 Å². The summed E-state index contributed by atoms with van der Waals surface area (Å²) < 4.78 is 16.5. The van der Waals surface area contributed by atoms with E-state index in [-0.39, 0.29) is 5.91 Å². The van der Waals surface area contributed by atoms with Gasteiger partial charge in [-0.15, -0.1) is 0 Å². The van der Waals surface area contributed by atoms with Gasteiger partial charge in [0.2, 0.25) is 5.75 Å². The van der Waals surface area contributed by atoms with Gasteiger partial charge in [0.1, 0.15) is 0 Å².